The Morgan fingerprint density at radius 1 is 1.21 bits per heavy atom. The van der Waals surface area contributed by atoms with Crippen LogP contribution < -0.4 is 0 Å². The summed E-state index contributed by atoms with van der Waals surface area (Å²) in [6.07, 6.45) is 4.08. The molecule has 4 heteroatoms. The summed E-state index contributed by atoms with van der Waals surface area (Å²) in [5.41, 5.74) is 0. The van der Waals surface area contributed by atoms with E-state index in [1.807, 2.05) is 18.7 Å². The topological polar surface area (TPSA) is 6.48 Å². The molecule has 0 spiro atoms. The van der Waals surface area contributed by atoms with Gasteiger partial charge in [0, 0.05) is 19.1 Å². The fourth-order valence-corrected chi connectivity index (χ4v) is 3.63. The van der Waals surface area contributed by atoms with Gasteiger partial charge in [-0.1, -0.05) is 13.3 Å². The molecule has 0 radical (unpaired) electrons. The van der Waals surface area contributed by atoms with Gasteiger partial charge in [-0.05, 0) is 45.6 Å². The number of rotatable bonds is 4. The standard InChI is InChI=1S/C15H28F2N2/c1-4-5-13-6-8-18(10-13)14-7-9-19(12(2)3)11-15(14,16)17/h12-14H,4-11H2,1-3H3. The lowest BCUT2D eigenvalue weighted by molar-refractivity contribution is -0.128. The van der Waals surface area contributed by atoms with Gasteiger partial charge in [0.15, 0.2) is 0 Å². The van der Waals surface area contributed by atoms with Gasteiger partial charge in [0.05, 0.1) is 12.6 Å². The maximum atomic E-state index is 14.4. The van der Waals surface area contributed by atoms with Crippen LogP contribution in [0.4, 0.5) is 8.78 Å². The van der Waals surface area contributed by atoms with E-state index in [2.05, 4.69) is 11.8 Å². The van der Waals surface area contributed by atoms with Crippen molar-refractivity contribution in [2.45, 2.75) is 64.5 Å². The molecule has 2 aliphatic heterocycles. The van der Waals surface area contributed by atoms with Crippen LogP contribution in [0, 0.1) is 5.92 Å². The fourth-order valence-electron chi connectivity index (χ4n) is 3.63. The molecular weight excluding hydrogens is 246 g/mol. The van der Waals surface area contributed by atoms with E-state index >= 15 is 0 Å². The highest BCUT2D eigenvalue weighted by atomic mass is 19.3. The van der Waals surface area contributed by atoms with Crippen molar-refractivity contribution in [2.24, 2.45) is 5.92 Å². The number of halogens is 2. The number of alkyl halides is 2. The molecule has 0 aliphatic carbocycles. The summed E-state index contributed by atoms with van der Waals surface area (Å²) in [4.78, 5) is 3.98. The zero-order valence-corrected chi connectivity index (χ0v) is 12.5. The molecule has 0 N–H and O–H groups in total. The van der Waals surface area contributed by atoms with Crippen LogP contribution in [0.5, 0.6) is 0 Å². The minimum atomic E-state index is -2.55. The number of nitrogens with zero attached hydrogens (tertiary/aromatic N) is 2. The monoisotopic (exact) mass is 274 g/mol. The van der Waals surface area contributed by atoms with Gasteiger partial charge < -0.3 is 0 Å². The van der Waals surface area contributed by atoms with Crippen molar-refractivity contribution in [3.63, 3.8) is 0 Å². The van der Waals surface area contributed by atoms with Crippen molar-refractivity contribution in [3.05, 3.63) is 0 Å². The summed E-state index contributed by atoms with van der Waals surface area (Å²) in [5, 5.41) is 0. The summed E-state index contributed by atoms with van der Waals surface area (Å²) in [5.74, 6) is -1.91. The van der Waals surface area contributed by atoms with Gasteiger partial charge >= 0.3 is 0 Å². The van der Waals surface area contributed by atoms with Gasteiger partial charge in [-0.3, -0.25) is 9.80 Å². The molecular formula is C15H28F2N2. The number of hydrogen-bond donors (Lipinski definition) is 0. The van der Waals surface area contributed by atoms with Crippen LogP contribution >= 0.6 is 0 Å². The first kappa shape index (κ1) is 15.2. The molecule has 2 nitrogen and oxygen atoms in total. The van der Waals surface area contributed by atoms with Crippen LogP contribution in [0.1, 0.15) is 46.5 Å². The van der Waals surface area contributed by atoms with Gasteiger partial charge in [0.2, 0.25) is 0 Å². The molecule has 2 saturated heterocycles. The van der Waals surface area contributed by atoms with E-state index in [-0.39, 0.29) is 12.6 Å². The lowest BCUT2D eigenvalue weighted by Crippen LogP contribution is -2.59. The van der Waals surface area contributed by atoms with Crippen LogP contribution in [0.2, 0.25) is 0 Å². The van der Waals surface area contributed by atoms with Crippen LogP contribution in [0.3, 0.4) is 0 Å². The molecule has 2 unspecified atom stereocenters. The quantitative estimate of drug-likeness (QED) is 0.776. The molecule has 0 aromatic rings. The van der Waals surface area contributed by atoms with Crippen LogP contribution in [0.25, 0.3) is 0 Å². The number of likely N-dealkylation sites (tertiary alicyclic amines) is 2. The largest absolute Gasteiger partial charge is 0.295 e. The predicted molar refractivity (Wildman–Crippen MR) is 74.6 cm³/mol. The minimum absolute atomic E-state index is 0.0652. The van der Waals surface area contributed by atoms with Gasteiger partial charge in [-0.25, -0.2) is 8.78 Å². The van der Waals surface area contributed by atoms with Crippen molar-refractivity contribution < 1.29 is 8.78 Å². The normalized spacial score (nSPS) is 33.2. The summed E-state index contributed by atoms with van der Waals surface area (Å²) < 4.78 is 28.7. The van der Waals surface area contributed by atoms with Gasteiger partial charge in [0.25, 0.3) is 5.92 Å². The number of piperidine rings is 1. The number of hydrogen-bond acceptors (Lipinski definition) is 2. The SMILES string of the molecule is CCCC1CCN(C2CCN(C(C)C)CC2(F)F)C1. The van der Waals surface area contributed by atoms with E-state index in [0.29, 0.717) is 12.3 Å². The van der Waals surface area contributed by atoms with Gasteiger partial charge in [-0.2, -0.15) is 0 Å². The molecule has 2 fully saturated rings. The zero-order chi connectivity index (χ0) is 14.0. The predicted octanol–water partition coefficient (Wildman–Crippen LogP) is 3.23. The maximum absolute atomic E-state index is 14.4. The van der Waals surface area contributed by atoms with Crippen molar-refractivity contribution in [1.29, 1.82) is 0 Å². The third-order valence-corrected chi connectivity index (χ3v) is 4.78. The van der Waals surface area contributed by atoms with Crippen LogP contribution in [0.15, 0.2) is 0 Å². The van der Waals surface area contributed by atoms with E-state index in [0.717, 1.165) is 26.1 Å². The molecule has 2 rings (SSSR count). The second-order valence-electron chi connectivity index (χ2n) is 6.57. The Kier molecular flexibility index (Phi) is 4.83. The zero-order valence-electron chi connectivity index (χ0n) is 12.5. The Morgan fingerprint density at radius 3 is 2.53 bits per heavy atom. The lowest BCUT2D eigenvalue weighted by atomic mass is 9.98. The van der Waals surface area contributed by atoms with Crippen LogP contribution in [-0.2, 0) is 0 Å². The van der Waals surface area contributed by atoms with E-state index in [1.54, 1.807) is 0 Å². The molecule has 2 aliphatic rings. The third-order valence-electron chi connectivity index (χ3n) is 4.78. The molecule has 0 aromatic heterocycles. The molecule has 0 amide bonds. The Hall–Kier alpha value is -0.220. The van der Waals surface area contributed by atoms with E-state index in [4.69, 9.17) is 0 Å². The Labute approximate surface area is 116 Å². The van der Waals surface area contributed by atoms with Crippen LogP contribution in [-0.4, -0.2) is 54.0 Å². The minimum Gasteiger partial charge on any atom is -0.295 e. The second-order valence-corrected chi connectivity index (χ2v) is 6.57. The highest BCUT2D eigenvalue weighted by Crippen LogP contribution is 2.35. The van der Waals surface area contributed by atoms with E-state index < -0.39 is 12.0 Å². The van der Waals surface area contributed by atoms with E-state index in [9.17, 15) is 8.78 Å². The molecule has 2 heterocycles. The molecule has 0 aromatic carbocycles. The molecule has 19 heavy (non-hydrogen) atoms. The maximum Gasteiger partial charge on any atom is 0.275 e. The van der Waals surface area contributed by atoms with E-state index in [1.165, 1.54) is 12.8 Å². The molecule has 112 valence electrons. The Balaban J connectivity index is 1.94. The van der Waals surface area contributed by atoms with Crippen molar-refractivity contribution >= 4 is 0 Å². The van der Waals surface area contributed by atoms with Gasteiger partial charge in [-0.15, -0.1) is 0 Å². The Bertz CT molecular complexity index is 294. The van der Waals surface area contributed by atoms with Crippen molar-refractivity contribution in [1.82, 2.24) is 9.80 Å². The first-order valence-electron chi connectivity index (χ1n) is 7.80. The van der Waals surface area contributed by atoms with Gasteiger partial charge in [0.1, 0.15) is 0 Å². The summed E-state index contributed by atoms with van der Waals surface area (Å²) in [6, 6.07) is -0.303. The molecule has 0 bridgehead atoms. The third kappa shape index (κ3) is 3.46. The smallest absolute Gasteiger partial charge is 0.275 e. The first-order chi connectivity index (χ1) is 8.94. The van der Waals surface area contributed by atoms with Crippen molar-refractivity contribution in [3.8, 4) is 0 Å². The lowest BCUT2D eigenvalue weighted by Gasteiger charge is -2.43. The summed E-state index contributed by atoms with van der Waals surface area (Å²) >= 11 is 0. The highest BCUT2D eigenvalue weighted by Gasteiger charge is 2.48. The second kappa shape index (κ2) is 6.04. The summed E-state index contributed by atoms with van der Waals surface area (Å²) in [6.45, 7) is 8.69. The average Bonchev–Trinajstić information content (AvgIpc) is 2.76. The average molecular weight is 274 g/mol. The molecule has 0 saturated carbocycles. The van der Waals surface area contributed by atoms with Crippen molar-refractivity contribution in [2.75, 3.05) is 26.2 Å². The highest BCUT2D eigenvalue weighted by molar-refractivity contribution is 4.96. The molecule has 2 atom stereocenters. The fraction of sp³-hybridized carbons (Fsp3) is 1.00. The first-order valence-corrected chi connectivity index (χ1v) is 7.80. The summed E-state index contributed by atoms with van der Waals surface area (Å²) in [7, 11) is 0. The Morgan fingerprint density at radius 2 is 1.95 bits per heavy atom.